The Kier molecular flexibility index (Phi) is 5.06. The second-order valence-corrected chi connectivity index (χ2v) is 4.11. The van der Waals surface area contributed by atoms with Crippen molar-refractivity contribution in [3.05, 3.63) is 42.5 Å². The number of rotatable bonds is 7. The van der Waals surface area contributed by atoms with Gasteiger partial charge >= 0.3 is 0 Å². The number of aromatic nitrogens is 1. The standard InChI is InChI=1S/C15H19N3O2/c1-2-19-15-9-5-8-14(18-15)17-10-11-20-13-7-4-3-6-12(13)16/h3-9H,2,10-11,16H2,1H3,(H,17,18). The fourth-order valence-corrected chi connectivity index (χ4v) is 1.69. The summed E-state index contributed by atoms with van der Waals surface area (Å²) < 4.78 is 10.9. The zero-order valence-electron chi connectivity index (χ0n) is 11.5. The number of nitrogen functional groups attached to an aromatic ring is 1. The maximum absolute atomic E-state index is 5.79. The summed E-state index contributed by atoms with van der Waals surface area (Å²) in [6.45, 7) is 3.68. The van der Waals surface area contributed by atoms with Crippen molar-refractivity contribution in [2.24, 2.45) is 0 Å². The van der Waals surface area contributed by atoms with E-state index in [1.54, 1.807) is 0 Å². The van der Waals surface area contributed by atoms with E-state index in [1.807, 2.05) is 49.4 Å². The van der Waals surface area contributed by atoms with E-state index in [4.69, 9.17) is 15.2 Å². The van der Waals surface area contributed by atoms with Gasteiger partial charge in [-0.05, 0) is 25.1 Å². The van der Waals surface area contributed by atoms with E-state index in [2.05, 4.69) is 10.3 Å². The second kappa shape index (κ2) is 7.23. The molecule has 20 heavy (non-hydrogen) atoms. The van der Waals surface area contributed by atoms with Gasteiger partial charge in [0.25, 0.3) is 0 Å². The van der Waals surface area contributed by atoms with Crippen LogP contribution in [0.25, 0.3) is 0 Å². The number of hydrogen-bond acceptors (Lipinski definition) is 5. The largest absolute Gasteiger partial charge is 0.490 e. The van der Waals surface area contributed by atoms with Gasteiger partial charge in [0.15, 0.2) is 0 Å². The van der Waals surface area contributed by atoms with Crippen LogP contribution in [0.1, 0.15) is 6.92 Å². The topological polar surface area (TPSA) is 69.4 Å². The van der Waals surface area contributed by atoms with Gasteiger partial charge in [-0.15, -0.1) is 0 Å². The lowest BCUT2D eigenvalue weighted by molar-refractivity contribution is 0.326. The Bertz CT molecular complexity index is 546. The summed E-state index contributed by atoms with van der Waals surface area (Å²) in [7, 11) is 0. The highest BCUT2D eigenvalue weighted by Crippen LogP contribution is 2.19. The smallest absolute Gasteiger partial charge is 0.215 e. The van der Waals surface area contributed by atoms with E-state index < -0.39 is 0 Å². The van der Waals surface area contributed by atoms with Crippen LogP contribution in [-0.2, 0) is 0 Å². The number of anilines is 2. The number of pyridine rings is 1. The normalized spacial score (nSPS) is 10.1. The SMILES string of the molecule is CCOc1cccc(NCCOc2ccccc2N)n1. The molecule has 0 saturated heterocycles. The Hall–Kier alpha value is -2.43. The lowest BCUT2D eigenvalue weighted by atomic mass is 10.3. The molecule has 0 atom stereocenters. The summed E-state index contributed by atoms with van der Waals surface area (Å²) in [5.41, 5.74) is 6.44. The molecule has 2 aromatic rings. The van der Waals surface area contributed by atoms with Gasteiger partial charge in [0, 0.05) is 6.07 Å². The maximum atomic E-state index is 5.79. The highest BCUT2D eigenvalue weighted by molar-refractivity contribution is 5.51. The molecule has 0 saturated carbocycles. The minimum atomic E-state index is 0.509. The minimum Gasteiger partial charge on any atom is -0.490 e. The fraction of sp³-hybridized carbons (Fsp3) is 0.267. The van der Waals surface area contributed by atoms with Crippen molar-refractivity contribution in [3.8, 4) is 11.6 Å². The Labute approximate surface area is 118 Å². The summed E-state index contributed by atoms with van der Waals surface area (Å²) >= 11 is 0. The number of nitrogens with zero attached hydrogens (tertiary/aromatic N) is 1. The summed E-state index contributed by atoms with van der Waals surface area (Å²) in [6, 6.07) is 13.1. The lowest BCUT2D eigenvalue weighted by Crippen LogP contribution is -2.13. The molecule has 3 N–H and O–H groups in total. The number of nitrogens with two attached hydrogens (primary N) is 1. The van der Waals surface area contributed by atoms with Crippen LogP contribution in [0.4, 0.5) is 11.5 Å². The Balaban J connectivity index is 1.78. The lowest BCUT2D eigenvalue weighted by Gasteiger charge is -2.10. The molecule has 0 amide bonds. The molecule has 5 nitrogen and oxygen atoms in total. The Morgan fingerprint density at radius 3 is 2.75 bits per heavy atom. The molecule has 0 spiro atoms. The first kappa shape index (κ1) is 14.0. The monoisotopic (exact) mass is 273 g/mol. The molecular formula is C15H19N3O2. The molecule has 0 radical (unpaired) electrons. The quantitative estimate of drug-likeness (QED) is 0.599. The average molecular weight is 273 g/mol. The summed E-state index contributed by atoms with van der Waals surface area (Å²) in [6.07, 6.45) is 0. The second-order valence-electron chi connectivity index (χ2n) is 4.11. The minimum absolute atomic E-state index is 0.509. The van der Waals surface area contributed by atoms with Gasteiger partial charge in [-0.1, -0.05) is 18.2 Å². The van der Waals surface area contributed by atoms with Crippen LogP contribution in [0.3, 0.4) is 0 Å². The Morgan fingerprint density at radius 2 is 1.95 bits per heavy atom. The third kappa shape index (κ3) is 4.05. The van der Waals surface area contributed by atoms with Crippen molar-refractivity contribution in [3.63, 3.8) is 0 Å². The first-order chi connectivity index (χ1) is 9.79. The fourth-order valence-electron chi connectivity index (χ4n) is 1.69. The molecule has 0 aliphatic carbocycles. The molecule has 1 aromatic carbocycles. The average Bonchev–Trinajstić information content (AvgIpc) is 2.46. The van der Waals surface area contributed by atoms with Crippen LogP contribution in [0.2, 0.25) is 0 Å². The molecule has 0 aliphatic rings. The number of nitrogens with one attached hydrogen (secondary N) is 1. The van der Waals surface area contributed by atoms with Crippen molar-refractivity contribution >= 4 is 11.5 Å². The predicted octanol–water partition coefficient (Wildman–Crippen LogP) is 2.55. The molecular weight excluding hydrogens is 254 g/mol. The molecule has 0 fully saturated rings. The summed E-state index contributed by atoms with van der Waals surface area (Å²) in [5, 5.41) is 3.18. The number of benzene rings is 1. The molecule has 1 aromatic heterocycles. The first-order valence-electron chi connectivity index (χ1n) is 6.60. The van der Waals surface area contributed by atoms with E-state index in [1.165, 1.54) is 0 Å². The molecule has 0 unspecified atom stereocenters. The van der Waals surface area contributed by atoms with Crippen molar-refractivity contribution in [2.75, 3.05) is 30.8 Å². The van der Waals surface area contributed by atoms with E-state index in [-0.39, 0.29) is 0 Å². The van der Waals surface area contributed by atoms with Gasteiger partial charge in [-0.25, -0.2) is 0 Å². The number of para-hydroxylation sites is 2. The number of ether oxygens (including phenoxy) is 2. The van der Waals surface area contributed by atoms with Crippen molar-refractivity contribution in [1.29, 1.82) is 0 Å². The summed E-state index contributed by atoms with van der Waals surface area (Å²) in [5.74, 6) is 2.08. The van der Waals surface area contributed by atoms with E-state index in [9.17, 15) is 0 Å². The van der Waals surface area contributed by atoms with Gasteiger partial charge in [-0.3, -0.25) is 0 Å². The van der Waals surface area contributed by atoms with Gasteiger partial charge < -0.3 is 20.5 Å². The Morgan fingerprint density at radius 1 is 1.10 bits per heavy atom. The van der Waals surface area contributed by atoms with Gasteiger partial charge in [-0.2, -0.15) is 4.98 Å². The zero-order valence-corrected chi connectivity index (χ0v) is 11.5. The van der Waals surface area contributed by atoms with Crippen molar-refractivity contribution < 1.29 is 9.47 Å². The van der Waals surface area contributed by atoms with E-state index >= 15 is 0 Å². The van der Waals surface area contributed by atoms with E-state index in [0.717, 1.165) is 5.82 Å². The predicted molar refractivity (Wildman–Crippen MR) is 80.2 cm³/mol. The number of hydrogen-bond donors (Lipinski definition) is 2. The molecule has 5 heteroatoms. The van der Waals surface area contributed by atoms with Gasteiger partial charge in [0.05, 0.1) is 18.8 Å². The molecule has 1 heterocycles. The first-order valence-corrected chi connectivity index (χ1v) is 6.60. The van der Waals surface area contributed by atoms with Crippen LogP contribution in [0.15, 0.2) is 42.5 Å². The van der Waals surface area contributed by atoms with Crippen LogP contribution in [0, 0.1) is 0 Å². The molecule has 106 valence electrons. The third-order valence-electron chi connectivity index (χ3n) is 2.60. The highest BCUT2D eigenvalue weighted by atomic mass is 16.5. The van der Waals surface area contributed by atoms with Crippen LogP contribution < -0.4 is 20.5 Å². The summed E-state index contributed by atoms with van der Waals surface area (Å²) in [4.78, 5) is 4.31. The van der Waals surface area contributed by atoms with Crippen LogP contribution in [0.5, 0.6) is 11.6 Å². The maximum Gasteiger partial charge on any atom is 0.215 e. The van der Waals surface area contributed by atoms with Crippen LogP contribution >= 0.6 is 0 Å². The van der Waals surface area contributed by atoms with Crippen LogP contribution in [-0.4, -0.2) is 24.7 Å². The molecule has 0 aliphatic heterocycles. The zero-order chi connectivity index (χ0) is 14.2. The van der Waals surface area contributed by atoms with Gasteiger partial charge in [0.1, 0.15) is 18.2 Å². The van der Waals surface area contributed by atoms with Crippen molar-refractivity contribution in [2.45, 2.75) is 6.92 Å². The van der Waals surface area contributed by atoms with Crippen molar-refractivity contribution in [1.82, 2.24) is 4.98 Å². The molecule has 0 bridgehead atoms. The third-order valence-corrected chi connectivity index (χ3v) is 2.60. The van der Waals surface area contributed by atoms with Gasteiger partial charge in [0.2, 0.25) is 5.88 Å². The highest BCUT2D eigenvalue weighted by Gasteiger charge is 1.99. The van der Waals surface area contributed by atoms with E-state index in [0.29, 0.717) is 37.1 Å². The molecule has 2 rings (SSSR count).